The molecule has 6 nitrogen and oxygen atoms in total. The van der Waals surface area contributed by atoms with Gasteiger partial charge in [-0.2, -0.15) is 5.26 Å². The fourth-order valence-electron chi connectivity index (χ4n) is 1.40. The zero-order valence-corrected chi connectivity index (χ0v) is 10.7. The Morgan fingerprint density at radius 1 is 1.42 bits per heavy atom. The van der Waals surface area contributed by atoms with Crippen molar-refractivity contribution in [3.8, 4) is 6.07 Å². The minimum atomic E-state index is -0.570. The standard InChI is InChI=1S/C12H8N4O2S/c1-8-4-5-14-12(15-8)19-10-3-2-9(7-13)11(6-10)16(17)18/h2-6H,1H3. The topological polar surface area (TPSA) is 92.7 Å². The van der Waals surface area contributed by atoms with E-state index in [1.807, 2.05) is 6.92 Å². The van der Waals surface area contributed by atoms with Crippen molar-refractivity contribution in [1.82, 2.24) is 9.97 Å². The molecule has 1 aromatic carbocycles. The Bertz CT molecular complexity index is 682. The summed E-state index contributed by atoms with van der Waals surface area (Å²) in [6.07, 6.45) is 1.63. The van der Waals surface area contributed by atoms with Gasteiger partial charge >= 0.3 is 0 Å². The highest BCUT2D eigenvalue weighted by Gasteiger charge is 2.15. The van der Waals surface area contributed by atoms with Crippen molar-refractivity contribution in [2.75, 3.05) is 0 Å². The van der Waals surface area contributed by atoms with Crippen LogP contribution in [0.4, 0.5) is 5.69 Å². The van der Waals surface area contributed by atoms with Crippen LogP contribution >= 0.6 is 11.8 Å². The van der Waals surface area contributed by atoms with Gasteiger partial charge in [-0.1, -0.05) is 0 Å². The van der Waals surface area contributed by atoms with Crippen LogP contribution in [0.15, 0.2) is 40.5 Å². The normalized spacial score (nSPS) is 9.89. The maximum absolute atomic E-state index is 10.9. The molecule has 0 fully saturated rings. The number of rotatable bonds is 3. The van der Waals surface area contributed by atoms with Crippen LogP contribution in [0.5, 0.6) is 0 Å². The van der Waals surface area contributed by atoms with Crippen LogP contribution in [-0.2, 0) is 0 Å². The number of nitro benzene ring substituents is 1. The van der Waals surface area contributed by atoms with Crippen molar-refractivity contribution in [1.29, 1.82) is 5.26 Å². The highest BCUT2D eigenvalue weighted by molar-refractivity contribution is 7.99. The lowest BCUT2D eigenvalue weighted by molar-refractivity contribution is -0.385. The Balaban J connectivity index is 2.34. The fourth-order valence-corrected chi connectivity index (χ4v) is 2.22. The summed E-state index contributed by atoms with van der Waals surface area (Å²) in [7, 11) is 0. The Hall–Kier alpha value is -2.46. The van der Waals surface area contributed by atoms with Gasteiger partial charge in [-0.25, -0.2) is 9.97 Å². The summed E-state index contributed by atoms with van der Waals surface area (Å²) in [5.41, 5.74) is 0.653. The first kappa shape index (κ1) is 13.0. The fraction of sp³-hybridized carbons (Fsp3) is 0.0833. The number of hydrogen-bond acceptors (Lipinski definition) is 6. The third-order valence-corrected chi connectivity index (χ3v) is 3.14. The smallest absolute Gasteiger partial charge is 0.258 e. The summed E-state index contributed by atoms with van der Waals surface area (Å²) >= 11 is 1.22. The minimum absolute atomic E-state index is 0.0412. The van der Waals surface area contributed by atoms with E-state index in [1.54, 1.807) is 24.4 Å². The van der Waals surface area contributed by atoms with Crippen molar-refractivity contribution in [3.05, 3.63) is 51.8 Å². The second-order valence-corrected chi connectivity index (χ2v) is 4.67. The van der Waals surface area contributed by atoms with Crippen LogP contribution in [0.2, 0.25) is 0 Å². The number of benzene rings is 1. The molecule has 2 rings (SSSR count). The molecule has 0 unspecified atom stereocenters. The van der Waals surface area contributed by atoms with E-state index < -0.39 is 4.92 Å². The van der Waals surface area contributed by atoms with Crippen LogP contribution in [0.3, 0.4) is 0 Å². The third-order valence-electron chi connectivity index (χ3n) is 2.27. The molecule has 0 spiro atoms. The number of nitriles is 1. The Morgan fingerprint density at radius 2 is 2.21 bits per heavy atom. The minimum Gasteiger partial charge on any atom is -0.258 e. The van der Waals surface area contributed by atoms with E-state index >= 15 is 0 Å². The SMILES string of the molecule is Cc1ccnc(Sc2ccc(C#N)c([N+](=O)[O-])c2)n1. The lowest BCUT2D eigenvalue weighted by atomic mass is 10.2. The summed E-state index contributed by atoms with van der Waals surface area (Å²) in [6, 6.07) is 7.99. The van der Waals surface area contributed by atoms with E-state index in [-0.39, 0.29) is 11.3 Å². The molecule has 0 amide bonds. The van der Waals surface area contributed by atoms with Crippen LogP contribution in [0.1, 0.15) is 11.3 Å². The van der Waals surface area contributed by atoms with Gasteiger partial charge in [0.05, 0.1) is 4.92 Å². The Labute approximate surface area is 113 Å². The molecule has 0 aliphatic carbocycles. The van der Waals surface area contributed by atoms with Gasteiger partial charge in [0.1, 0.15) is 11.6 Å². The number of aryl methyl sites for hydroxylation is 1. The average molecular weight is 272 g/mol. The van der Waals surface area contributed by atoms with E-state index in [0.717, 1.165) is 5.69 Å². The maximum Gasteiger partial charge on any atom is 0.288 e. The zero-order valence-electron chi connectivity index (χ0n) is 9.90. The molecule has 0 radical (unpaired) electrons. The van der Waals surface area contributed by atoms with Crippen molar-refractivity contribution in [3.63, 3.8) is 0 Å². The molecule has 0 aliphatic rings. The highest BCUT2D eigenvalue weighted by atomic mass is 32.2. The summed E-state index contributed by atoms with van der Waals surface area (Å²) in [6.45, 7) is 1.84. The molecule has 1 heterocycles. The zero-order chi connectivity index (χ0) is 13.8. The Kier molecular flexibility index (Phi) is 3.73. The second-order valence-electron chi connectivity index (χ2n) is 3.63. The van der Waals surface area contributed by atoms with E-state index in [2.05, 4.69) is 9.97 Å². The highest BCUT2D eigenvalue weighted by Crippen LogP contribution is 2.29. The lowest BCUT2D eigenvalue weighted by Crippen LogP contribution is -1.93. The predicted molar refractivity (Wildman–Crippen MR) is 68.7 cm³/mol. The van der Waals surface area contributed by atoms with Crippen molar-refractivity contribution < 1.29 is 4.92 Å². The third kappa shape index (κ3) is 3.05. The number of nitrogens with zero attached hydrogens (tertiary/aromatic N) is 4. The molecule has 0 saturated carbocycles. The van der Waals surface area contributed by atoms with E-state index in [9.17, 15) is 10.1 Å². The number of hydrogen-bond donors (Lipinski definition) is 0. The molecule has 0 aliphatic heterocycles. The molecule has 0 saturated heterocycles. The summed E-state index contributed by atoms with van der Waals surface area (Å²) < 4.78 is 0. The molecule has 19 heavy (non-hydrogen) atoms. The number of aromatic nitrogens is 2. The maximum atomic E-state index is 10.9. The van der Waals surface area contributed by atoms with Crippen LogP contribution in [0, 0.1) is 28.4 Å². The predicted octanol–water partition coefficient (Wildman–Crippen LogP) is 2.72. The van der Waals surface area contributed by atoms with Crippen LogP contribution in [0.25, 0.3) is 0 Å². The summed E-state index contributed by atoms with van der Waals surface area (Å²) in [5.74, 6) is 0. The molecule has 7 heteroatoms. The first-order chi connectivity index (χ1) is 9.10. The van der Waals surface area contributed by atoms with Gasteiger partial charge in [0.25, 0.3) is 5.69 Å². The molecule has 1 aromatic heterocycles. The van der Waals surface area contributed by atoms with E-state index in [4.69, 9.17) is 5.26 Å². The van der Waals surface area contributed by atoms with Crippen molar-refractivity contribution in [2.24, 2.45) is 0 Å². The molecule has 2 aromatic rings. The van der Waals surface area contributed by atoms with Gasteiger partial charge in [-0.05, 0) is 36.9 Å². The first-order valence-electron chi connectivity index (χ1n) is 5.26. The molecule has 0 bridgehead atoms. The molecule has 94 valence electrons. The van der Waals surface area contributed by atoms with Gasteiger partial charge in [0.2, 0.25) is 0 Å². The van der Waals surface area contributed by atoms with Crippen LogP contribution < -0.4 is 0 Å². The van der Waals surface area contributed by atoms with Gasteiger partial charge < -0.3 is 0 Å². The number of nitro groups is 1. The van der Waals surface area contributed by atoms with Crippen molar-refractivity contribution in [2.45, 2.75) is 17.0 Å². The average Bonchev–Trinajstić information content (AvgIpc) is 2.38. The van der Waals surface area contributed by atoms with E-state index in [1.165, 1.54) is 23.9 Å². The second kappa shape index (κ2) is 5.46. The van der Waals surface area contributed by atoms with Gasteiger partial charge in [-0.15, -0.1) is 0 Å². The first-order valence-corrected chi connectivity index (χ1v) is 6.08. The quantitative estimate of drug-likeness (QED) is 0.484. The monoisotopic (exact) mass is 272 g/mol. The lowest BCUT2D eigenvalue weighted by Gasteiger charge is -2.01. The Morgan fingerprint density at radius 3 is 2.84 bits per heavy atom. The largest absolute Gasteiger partial charge is 0.288 e. The molecular weight excluding hydrogens is 264 g/mol. The summed E-state index contributed by atoms with van der Waals surface area (Å²) in [4.78, 5) is 19.2. The molecule has 0 atom stereocenters. The van der Waals surface area contributed by atoms with Gasteiger partial charge in [0, 0.05) is 22.9 Å². The van der Waals surface area contributed by atoms with Crippen LogP contribution in [-0.4, -0.2) is 14.9 Å². The van der Waals surface area contributed by atoms with Crippen molar-refractivity contribution >= 4 is 17.4 Å². The summed E-state index contributed by atoms with van der Waals surface area (Å²) in [5, 5.41) is 20.2. The molecule has 0 N–H and O–H groups in total. The van der Waals surface area contributed by atoms with Gasteiger partial charge in [-0.3, -0.25) is 10.1 Å². The molecular formula is C12H8N4O2S. The van der Waals surface area contributed by atoms with E-state index in [0.29, 0.717) is 10.1 Å². The van der Waals surface area contributed by atoms with Gasteiger partial charge in [0.15, 0.2) is 5.16 Å².